The van der Waals surface area contributed by atoms with Crippen LogP contribution in [-0.2, 0) is 10.2 Å². The molecule has 2 N–H and O–H groups in total. The van der Waals surface area contributed by atoms with E-state index in [1.165, 1.54) is 12.1 Å². The molecule has 30 heavy (non-hydrogen) atoms. The largest absolute Gasteiger partial charge is 0.314 e. The number of hydrogen-bond donors (Lipinski definition) is 2. The van der Waals surface area contributed by atoms with Crippen LogP contribution < -0.4 is 10.6 Å². The van der Waals surface area contributed by atoms with Gasteiger partial charge in [-0.3, -0.25) is 9.48 Å². The fraction of sp³-hybridized carbons (Fsp3) is 0.409. The van der Waals surface area contributed by atoms with Crippen LogP contribution in [0.25, 0.3) is 22.2 Å². The zero-order valence-corrected chi connectivity index (χ0v) is 16.9. The second-order valence-corrected chi connectivity index (χ2v) is 8.25. The Balaban J connectivity index is 1.77. The molecule has 3 aromatic rings. The molecule has 0 radical (unpaired) electrons. The van der Waals surface area contributed by atoms with Gasteiger partial charge in [0.15, 0.2) is 0 Å². The minimum atomic E-state index is -1.09. The van der Waals surface area contributed by atoms with E-state index in [1.807, 2.05) is 13.8 Å². The van der Waals surface area contributed by atoms with Gasteiger partial charge in [-0.1, -0.05) is 6.92 Å². The van der Waals surface area contributed by atoms with E-state index in [0.717, 1.165) is 11.1 Å². The van der Waals surface area contributed by atoms with Crippen molar-refractivity contribution in [3.63, 3.8) is 0 Å². The third-order valence-corrected chi connectivity index (χ3v) is 6.55. The number of alkyl halides is 1. The van der Waals surface area contributed by atoms with Crippen molar-refractivity contribution < 1.29 is 13.6 Å². The maximum Gasteiger partial charge on any atom is 0.236 e. The number of amides is 1. The van der Waals surface area contributed by atoms with E-state index in [9.17, 15) is 13.6 Å². The molecule has 1 amide bonds. The number of halogens is 2. The number of aromatic nitrogens is 3. The highest BCUT2D eigenvalue weighted by molar-refractivity contribution is 6.08. The molecular formula is C22H23F2N5O. The molecule has 4 heterocycles. The summed E-state index contributed by atoms with van der Waals surface area (Å²) in [7, 11) is 0. The van der Waals surface area contributed by atoms with Crippen LogP contribution in [0, 0.1) is 5.82 Å². The number of fused-ring (bicyclic) bond motifs is 2. The Bertz CT molecular complexity index is 1160. The average molecular weight is 411 g/mol. The molecule has 3 atom stereocenters. The Labute approximate surface area is 172 Å². The van der Waals surface area contributed by atoms with Crippen molar-refractivity contribution in [2.24, 2.45) is 0 Å². The van der Waals surface area contributed by atoms with Gasteiger partial charge in [-0.15, -0.1) is 0 Å². The third-order valence-electron chi connectivity index (χ3n) is 6.55. The van der Waals surface area contributed by atoms with Gasteiger partial charge in [0.05, 0.1) is 17.0 Å². The molecule has 6 nitrogen and oxygen atoms in total. The Kier molecular flexibility index (Phi) is 4.36. The minimum Gasteiger partial charge on any atom is -0.314 e. The van der Waals surface area contributed by atoms with Gasteiger partial charge in [0.25, 0.3) is 0 Å². The van der Waals surface area contributed by atoms with Crippen LogP contribution in [0.1, 0.15) is 38.3 Å². The fourth-order valence-electron chi connectivity index (χ4n) is 4.66. The molecule has 8 heteroatoms. The van der Waals surface area contributed by atoms with Crippen LogP contribution in [-0.4, -0.2) is 39.9 Å². The first kappa shape index (κ1) is 19.1. The zero-order chi connectivity index (χ0) is 21.0. The fourth-order valence-corrected chi connectivity index (χ4v) is 4.66. The van der Waals surface area contributed by atoms with Gasteiger partial charge in [-0.2, -0.15) is 5.10 Å². The summed E-state index contributed by atoms with van der Waals surface area (Å²) < 4.78 is 30.6. The Morgan fingerprint density at radius 3 is 2.93 bits per heavy atom. The van der Waals surface area contributed by atoms with Crippen molar-refractivity contribution in [1.82, 2.24) is 20.1 Å². The number of pyridine rings is 1. The molecule has 2 aromatic heterocycles. The van der Waals surface area contributed by atoms with E-state index >= 15 is 0 Å². The lowest BCUT2D eigenvalue weighted by molar-refractivity contribution is -0.120. The van der Waals surface area contributed by atoms with Gasteiger partial charge in [0.2, 0.25) is 5.91 Å². The maximum absolute atomic E-state index is 14.7. The molecule has 1 saturated heterocycles. The van der Waals surface area contributed by atoms with Crippen LogP contribution in [0.5, 0.6) is 0 Å². The van der Waals surface area contributed by atoms with Crippen molar-refractivity contribution in [2.45, 2.75) is 44.3 Å². The molecule has 5 rings (SSSR count). The van der Waals surface area contributed by atoms with Crippen molar-refractivity contribution in [3.05, 3.63) is 41.8 Å². The number of carbonyl (C=O) groups is 1. The molecule has 0 unspecified atom stereocenters. The predicted molar refractivity (Wildman–Crippen MR) is 111 cm³/mol. The van der Waals surface area contributed by atoms with Gasteiger partial charge in [-0.25, -0.2) is 13.8 Å². The van der Waals surface area contributed by atoms with Crippen molar-refractivity contribution in [1.29, 1.82) is 0 Å². The van der Waals surface area contributed by atoms with Gasteiger partial charge in [0.1, 0.15) is 23.5 Å². The molecule has 0 saturated carbocycles. The Morgan fingerprint density at radius 1 is 1.33 bits per heavy atom. The van der Waals surface area contributed by atoms with Crippen LogP contribution in [0.4, 0.5) is 14.6 Å². The van der Waals surface area contributed by atoms with Crippen molar-refractivity contribution in [3.8, 4) is 11.3 Å². The number of benzene rings is 1. The summed E-state index contributed by atoms with van der Waals surface area (Å²) in [5.74, 6) is 0.00630. The number of rotatable bonds is 3. The number of anilines is 1. The van der Waals surface area contributed by atoms with Crippen LogP contribution in [0.15, 0.2) is 30.5 Å². The summed E-state index contributed by atoms with van der Waals surface area (Å²) in [4.78, 5) is 17.0. The molecule has 0 aliphatic carbocycles. The van der Waals surface area contributed by atoms with Gasteiger partial charge < -0.3 is 10.6 Å². The molecule has 1 aromatic carbocycles. The number of carbonyl (C=O) groups excluding carboxylic acids is 1. The molecule has 0 bridgehead atoms. The Hall–Kier alpha value is -2.87. The third kappa shape index (κ3) is 2.66. The molecule has 156 valence electrons. The molecule has 2 aliphatic heterocycles. The summed E-state index contributed by atoms with van der Waals surface area (Å²) in [5.41, 5.74) is 1.95. The van der Waals surface area contributed by atoms with E-state index in [0.29, 0.717) is 41.8 Å². The number of nitrogens with zero attached hydrogens (tertiary/aromatic N) is 3. The maximum atomic E-state index is 14.7. The summed E-state index contributed by atoms with van der Waals surface area (Å²) in [6.07, 6.45) is 1.70. The molecule has 2 aliphatic rings. The van der Waals surface area contributed by atoms with E-state index in [1.54, 1.807) is 23.0 Å². The summed E-state index contributed by atoms with van der Waals surface area (Å²) >= 11 is 0. The second-order valence-electron chi connectivity index (χ2n) is 8.25. The lowest BCUT2D eigenvalue weighted by Gasteiger charge is -2.27. The highest BCUT2D eigenvalue weighted by atomic mass is 19.1. The number of piperidine rings is 1. The molecule has 0 spiro atoms. The van der Waals surface area contributed by atoms with Crippen LogP contribution in [0.3, 0.4) is 0 Å². The second kappa shape index (κ2) is 6.84. The van der Waals surface area contributed by atoms with E-state index < -0.39 is 17.6 Å². The monoisotopic (exact) mass is 411 g/mol. The smallest absolute Gasteiger partial charge is 0.236 e. The number of hydrogen-bond acceptors (Lipinski definition) is 4. The summed E-state index contributed by atoms with van der Waals surface area (Å²) in [5, 5.41) is 11.3. The van der Waals surface area contributed by atoms with Crippen LogP contribution in [0.2, 0.25) is 0 Å². The van der Waals surface area contributed by atoms with E-state index in [2.05, 4.69) is 15.6 Å². The normalized spacial score (nSPS) is 26.1. The zero-order valence-electron chi connectivity index (χ0n) is 16.9. The minimum absolute atomic E-state index is 0.114. The average Bonchev–Trinajstić information content (AvgIpc) is 3.23. The SMILES string of the molecule is CC[C@]1(C)C(=O)Nc2nccc(-c3nn([C@H]4CCNC[C@H]4F)c4ccc(F)cc34)c21. The first-order valence-electron chi connectivity index (χ1n) is 10.3. The standard InChI is InChI=1S/C22H23F2N5O/c1-3-22(2)18-13(6-9-26-20(18)27-21(22)30)19-14-10-12(23)4-5-16(14)29(28-19)17-7-8-25-11-15(17)24/h4-6,9-10,15,17,25H,3,7-8,11H2,1-2H3,(H,26,27,30)/t15-,17+,22+/m1/s1. The Morgan fingerprint density at radius 2 is 2.17 bits per heavy atom. The molecule has 1 fully saturated rings. The summed E-state index contributed by atoms with van der Waals surface area (Å²) in [6.45, 7) is 4.79. The van der Waals surface area contributed by atoms with Crippen molar-refractivity contribution >= 4 is 22.6 Å². The van der Waals surface area contributed by atoms with Crippen molar-refractivity contribution in [2.75, 3.05) is 18.4 Å². The lowest BCUT2D eigenvalue weighted by atomic mass is 9.79. The predicted octanol–water partition coefficient (Wildman–Crippen LogP) is 3.73. The first-order chi connectivity index (χ1) is 14.4. The van der Waals surface area contributed by atoms with Crippen LogP contribution >= 0.6 is 0 Å². The highest BCUT2D eigenvalue weighted by Crippen LogP contribution is 2.46. The van der Waals surface area contributed by atoms with Gasteiger partial charge in [-0.05, 0) is 50.6 Å². The van der Waals surface area contributed by atoms with E-state index in [4.69, 9.17) is 5.10 Å². The molecular weight excluding hydrogens is 388 g/mol. The topological polar surface area (TPSA) is 71.8 Å². The van der Waals surface area contributed by atoms with Gasteiger partial charge >= 0.3 is 0 Å². The quantitative estimate of drug-likeness (QED) is 0.689. The van der Waals surface area contributed by atoms with E-state index in [-0.39, 0.29) is 18.3 Å². The first-order valence-corrected chi connectivity index (χ1v) is 10.3. The number of nitrogens with one attached hydrogen (secondary N) is 2. The lowest BCUT2D eigenvalue weighted by Crippen LogP contribution is -2.39. The summed E-state index contributed by atoms with van der Waals surface area (Å²) in [6, 6.07) is 5.83. The highest BCUT2D eigenvalue weighted by Gasteiger charge is 2.44. The van der Waals surface area contributed by atoms with Gasteiger partial charge in [0, 0.05) is 29.3 Å².